The van der Waals surface area contributed by atoms with Gasteiger partial charge in [-0.05, 0) is 0 Å². The number of fused-ring (bicyclic) bond motifs is 3. The summed E-state index contributed by atoms with van der Waals surface area (Å²) in [6.07, 6.45) is 0.821. The van der Waals surface area contributed by atoms with Gasteiger partial charge in [0.05, 0.1) is 13.2 Å². The van der Waals surface area contributed by atoms with Crippen molar-refractivity contribution >= 4 is 0 Å². The maximum atomic E-state index is 5.46. The summed E-state index contributed by atoms with van der Waals surface area (Å²) >= 11 is 0. The topological polar surface area (TPSA) is 40.2 Å². The summed E-state index contributed by atoms with van der Waals surface area (Å²) in [5.41, 5.74) is 0. The van der Waals surface area contributed by atoms with Gasteiger partial charge in [-0.2, -0.15) is 0 Å². The molecule has 3 fully saturated rings. The molecule has 0 spiro atoms. The molecule has 0 aliphatic carbocycles. The molecule has 11 heavy (non-hydrogen) atoms. The van der Waals surface area contributed by atoms with Crippen LogP contribution in [0.15, 0.2) is 0 Å². The van der Waals surface area contributed by atoms with E-state index in [0.29, 0.717) is 26.1 Å². The molecule has 0 radical (unpaired) electrons. The average Bonchev–Trinajstić information content (AvgIpc) is 2.83. The van der Waals surface area contributed by atoms with Gasteiger partial charge in [-0.25, -0.2) is 0 Å². The molecule has 0 N–H and O–H groups in total. The van der Waals surface area contributed by atoms with Crippen LogP contribution in [0, 0.1) is 0 Å². The van der Waals surface area contributed by atoms with Crippen LogP contribution in [0.2, 0.25) is 0 Å². The van der Waals surface area contributed by atoms with Crippen LogP contribution in [0.4, 0.5) is 0 Å². The van der Waals surface area contributed by atoms with Gasteiger partial charge in [-0.1, -0.05) is 0 Å². The maximum Gasteiger partial charge on any atom is 0.147 e. The first-order chi connectivity index (χ1) is 5.45. The minimum atomic E-state index is 0.104. The number of hydrogen-bond donors (Lipinski definition) is 0. The van der Waals surface area contributed by atoms with E-state index in [9.17, 15) is 0 Å². The number of ether oxygens (including phenoxy) is 4. The monoisotopic (exact) mass is 158 g/mol. The average molecular weight is 158 g/mol. The summed E-state index contributed by atoms with van der Waals surface area (Å²) in [5.74, 6) is 0. The van der Waals surface area contributed by atoms with Crippen molar-refractivity contribution < 1.29 is 18.9 Å². The van der Waals surface area contributed by atoms with Crippen LogP contribution in [0.5, 0.6) is 0 Å². The number of rotatable bonds is 0. The van der Waals surface area contributed by atoms with E-state index in [0.717, 1.165) is 0 Å². The van der Waals surface area contributed by atoms with Gasteiger partial charge < -0.3 is 18.9 Å². The Hall–Kier alpha value is -0.160. The Labute approximate surface area is 64.4 Å². The fourth-order valence-electron chi connectivity index (χ4n) is 1.74. The highest BCUT2D eigenvalue weighted by Crippen LogP contribution is 2.36. The molecule has 4 unspecified atom stereocenters. The van der Waals surface area contributed by atoms with Crippen LogP contribution >= 0.6 is 0 Å². The lowest BCUT2D eigenvalue weighted by molar-refractivity contribution is -0.217. The summed E-state index contributed by atoms with van der Waals surface area (Å²) in [6.45, 7) is 1.74. The van der Waals surface area contributed by atoms with Crippen molar-refractivity contribution in [1.29, 1.82) is 0 Å². The van der Waals surface area contributed by atoms with E-state index >= 15 is 0 Å². The quantitative estimate of drug-likeness (QED) is 0.447. The van der Waals surface area contributed by atoms with Crippen LogP contribution < -0.4 is 0 Å². The first-order valence-corrected chi connectivity index (χ1v) is 3.91. The van der Waals surface area contributed by atoms with E-state index in [1.54, 1.807) is 0 Å². The van der Waals surface area contributed by atoms with Gasteiger partial charge in [0.25, 0.3) is 0 Å². The SMILES string of the molecule is C1OCC2OCC3OC3C2O1. The zero-order valence-corrected chi connectivity index (χ0v) is 6.06. The van der Waals surface area contributed by atoms with E-state index in [1.807, 2.05) is 0 Å². The first-order valence-electron chi connectivity index (χ1n) is 3.91. The van der Waals surface area contributed by atoms with Crippen LogP contribution in [0.25, 0.3) is 0 Å². The lowest BCUT2D eigenvalue weighted by Gasteiger charge is -2.32. The lowest BCUT2D eigenvalue weighted by atomic mass is 10.1. The summed E-state index contributed by atoms with van der Waals surface area (Å²) in [7, 11) is 0. The molecule has 0 saturated carbocycles. The van der Waals surface area contributed by atoms with Gasteiger partial charge in [0.15, 0.2) is 0 Å². The molecule has 4 heteroatoms. The third-order valence-corrected chi connectivity index (χ3v) is 2.41. The van der Waals surface area contributed by atoms with E-state index in [2.05, 4.69) is 0 Å². The number of hydrogen-bond acceptors (Lipinski definition) is 4. The van der Waals surface area contributed by atoms with Crippen molar-refractivity contribution in [3.05, 3.63) is 0 Å². The fraction of sp³-hybridized carbons (Fsp3) is 1.00. The molecule has 4 atom stereocenters. The molecular formula is C7H10O4. The van der Waals surface area contributed by atoms with Crippen molar-refractivity contribution in [2.24, 2.45) is 0 Å². The third kappa shape index (κ3) is 0.906. The molecule has 3 saturated heterocycles. The van der Waals surface area contributed by atoms with Crippen molar-refractivity contribution in [3.63, 3.8) is 0 Å². The van der Waals surface area contributed by atoms with E-state index in [1.165, 1.54) is 0 Å². The van der Waals surface area contributed by atoms with Gasteiger partial charge in [0.2, 0.25) is 0 Å². The zero-order chi connectivity index (χ0) is 7.26. The molecular weight excluding hydrogens is 148 g/mol. The highest BCUT2D eigenvalue weighted by molar-refractivity contribution is 4.99. The van der Waals surface area contributed by atoms with Crippen molar-refractivity contribution in [2.75, 3.05) is 20.0 Å². The van der Waals surface area contributed by atoms with Crippen molar-refractivity contribution in [3.8, 4) is 0 Å². The minimum absolute atomic E-state index is 0.104. The molecule has 0 bridgehead atoms. The molecule has 3 rings (SSSR count). The molecule has 3 aliphatic rings. The third-order valence-electron chi connectivity index (χ3n) is 2.41. The summed E-state index contributed by atoms with van der Waals surface area (Å²) in [4.78, 5) is 0. The molecule has 3 aliphatic heterocycles. The summed E-state index contributed by atoms with van der Waals surface area (Å²) in [6, 6.07) is 0. The zero-order valence-electron chi connectivity index (χ0n) is 6.06. The van der Waals surface area contributed by atoms with Gasteiger partial charge in [-0.3, -0.25) is 0 Å². The molecule has 0 aromatic heterocycles. The number of epoxide rings is 1. The first kappa shape index (κ1) is 6.37. The van der Waals surface area contributed by atoms with Gasteiger partial charge in [0, 0.05) is 0 Å². The van der Waals surface area contributed by atoms with Gasteiger partial charge in [0.1, 0.15) is 31.2 Å². The minimum Gasteiger partial charge on any atom is -0.370 e. The Balaban J connectivity index is 1.76. The highest BCUT2D eigenvalue weighted by Gasteiger charge is 2.54. The molecule has 4 nitrogen and oxygen atoms in total. The predicted molar refractivity (Wildman–Crippen MR) is 34.1 cm³/mol. The Bertz CT molecular complexity index is 172. The van der Waals surface area contributed by atoms with Crippen LogP contribution in [0.1, 0.15) is 0 Å². The lowest BCUT2D eigenvalue weighted by Crippen LogP contribution is -2.48. The maximum absolute atomic E-state index is 5.46. The summed E-state index contributed by atoms with van der Waals surface area (Å²) in [5, 5.41) is 0. The molecule has 0 aromatic rings. The van der Waals surface area contributed by atoms with Crippen LogP contribution in [-0.4, -0.2) is 44.4 Å². The van der Waals surface area contributed by atoms with E-state index in [4.69, 9.17) is 18.9 Å². The van der Waals surface area contributed by atoms with E-state index in [-0.39, 0.29) is 18.3 Å². The molecule has 0 aromatic carbocycles. The van der Waals surface area contributed by atoms with Crippen LogP contribution in [-0.2, 0) is 18.9 Å². The van der Waals surface area contributed by atoms with Crippen LogP contribution in [0.3, 0.4) is 0 Å². The Morgan fingerprint density at radius 2 is 1.91 bits per heavy atom. The van der Waals surface area contributed by atoms with Crippen molar-refractivity contribution in [2.45, 2.75) is 24.4 Å². The van der Waals surface area contributed by atoms with Gasteiger partial charge >= 0.3 is 0 Å². The Morgan fingerprint density at radius 1 is 0.909 bits per heavy atom. The second kappa shape index (κ2) is 2.17. The highest BCUT2D eigenvalue weighted by atomic mass is 16.7. The second-order valence-electron chi connectivity index (χ2n) is 3.13. The van der Waals surface area contributed by atoms with E-state index < -0.39 is 0 Å². The fourth-order valence-corrected chi connectivity index (χ4v) is 1.74. The summed E-state index contributed by atoms with van der Waals surface area (Å²) < 4.78 is 21.3. The predicted octanol–water partition coefficient (Wildman–Crippen LogP) is -0.475. The van der Waals surface area contributed by atoms with Gasteiger partial charge in [-0.15, -0.1) is 0 Å². The Kier molecular flexibility index (Phi) is 1.25. The molecule has 0 amide bonds. The molecule has 3 heterocycles. The Morgan fingerprint density at radius 3 is 2.91 bits per heavy atom. The molecule has 62 valence electrons. The van der Waals surface area contributed by atoms with Crippen molar-refractivity contribution in [1.82, 2.24) is 0 Å². The standard InChI is InChI=1S/C7H10O4/c1-4-6(10-3-8-1)7-5(11-7)2-9-4/h4-7H,1-3H2. The smallest absolute Gasteiger partial charge is 0.147 e. The largest absolute Gasteiger partial charge is 0.370 e. The second-order valence-corrected chi connectivity index (χ2v) is 3.13. The normalized spacial score (nSPS) is 54.5.